The van der Waals surface area contributed by atoms with Crippen LogP contribution in [0.1, 0.15) is 58.3 Å². The van der Waals surface area contributed by atoms with Crippen LogP contribution in [0.2, 0.25) is 0 Å². The van der Waals surface area contributed by atoms with Crippen molar-refractivity contribution in [1.29, 1.82) is 0 Å². The molecular formula is C26H30N4O3. The number of benzene rings is 2. The highest BCUT2D eigenvalue weighted by molar-refractivity contribution is 5.94. The Bertz CT molecular complexity index is 1150. The van der Waals surface area contributed by atoms with Gasteiger partial charge in [0.25, 0.3) is 5.91 Å². The van der Waals surface area contributed by atoms with E-state index in [0.717, 1.165) is 53.5 Å². The lowest BCUT2D eigenvalue weighted by Crippen LogP contribution is -2.36. The van der Waals surface area contributed by atoms with Gasteiger partial charge in [0.2, 0.25) is 6.79 Å². The van der Waals surface area contributed by atoms with E-state index in [1.54, 1.807) is 6.33 Å². The first-order chi connectivity index (χ1) is 16.1. The van der Waals surface area contributed by atoms with Gasteiger partial charge >= 0.3 is 0 Å². The number of aromatic amines is 1. The number of H-pyrrole nitrogens is 1. The number of aromatic nitrogens is 2. The molecular weight excluding hydrogens is 416 g/mol. The third-order valence-electron chi connectivity index (χ3n) is 6.78. The number of fused-ring (bicyclic) bond motifs is 2. The fourth-order valence-electron chi connectivity index (χ4n) is 4.88. The average Bonchev–Trinajstić information content (AvgIpc) is 3.46. The largest absolute Gasteiger partial charge is 0.454 e. The molecule has 0 radical (unpaired) electrons. The Hall–Kier alpha value is -3.32. The molecule has 0 aliphatic carbocycles. The van der Waals surface area contributed by atoms with Gasteiger partial charge in [0.1, 0.15) is 0 Å². The van der Waals surface area contributed by atoms with E-state index in [1.807, 2.05) is 37.8 Å². The molecule has 2 aliphatic heterocycles. The third kappa shape index (κ3) is 3.97. The molecule has 3 aromatic rings. The Balaban J connectivity index is 1.52. The second-order valence-electron chi connectivity index (χ2n) is 8.59. The van der Waals surface area contributed by atoms with E-state index in [2.05, 4.69) is 39.1 Å². The first kappa shape index (κ1) is 21.5. The van der Waals surface area contributed by atoms with E-state index in [1.165, 1.54) is 11.1 Å². The Kier molecular flexibility index (Phi) is 5.81. The van der Waals surface area contributed by atoms with Gasteiger partial charge in [-0.25, -0.2) is 4.98 Å². The summed E-state index contributed by atoms with van der Waals surface area (Å²) in [6.07, 6.45) is 2.69. The van der Waals surface area contributed by atoms with Crippen molar-refractivity contribution in [3.63, 3.8) is 0 Å². The predicted octanol–water partition coefficient (Wildman–Crippen LogP) is 4.08. The van der Waals surface area contributed by atoms with Gasteiger partial charge in [-0.3, -0.25) is 9.69 Å². The maximum atomic E-state index is 12.8. The summed E-state index contributed by atoms with van der Waals surface area (Å²) in [5.74, 6) is 1.70. The summed E-state index contributed by atoms with van der Waals surface area (Å²) in [6.45, 7) is 9.41. The van der Waals surface area contributed by atoms with Crippen molar-refractivity contribution < 1.29 is 14.3 Å². The molecule has 1 amide bonds. The van der Waals surface area contributed by atoms with Crippen LogP contribution >= 0.6 is 0 Å². The molecule has 1 N–H and O–H groups in total. The van der Waals surface area contributed by atoms with Gasteiger partial charge in [0.15, 0.2) is 11.5 Å². The van der Waals surface area contributed by atoms with E-state index in [-0.39, 0.29) is 18.7 Å². The minimum atomic E-state index is 0.0450. The highest BCUT2D eigenvalue weighted by atomic mass is 16.7. The van der Waals surface area contributed by atoms with E-state index in [9.17, 15) is 4.79 Å². The Morgan fingerprint density at radius 3 is 2.55 bits per heavy atom. The molecule has 7 heteroatoms. The van der Waals surface area contributed by atoms with E-state index < -0.39 is 0 Å². The fourth-order valence-corrected chi connectivity index (χ4v) is 4.88. The van der Waals surface area contributed by atoms with E-state index in [4.69, 9.17) is 9.47 Å². The van der Waals surface area contributed by atoms with Crippen molar-refractivity contribution in [2.24, 2.45) is 0 Å². The number of nitrogens with one attached hydrogen (secondary N) is 1. The molecule has 1 unspecified atom stereocenters. The molecule has 3 heterocycles. The van der Waals surface area contributed by atoms with Gasteiger partial charge in [-0.1, -0.05) is 12.1 Å². The number of carbonyl (C=O) groups is 1. The molecule has 0 fully saturated rings. The number of aryl methyl sites for hydroxylation is 1. The lowest BCUT2D eigenvalue weighted by Gasteiger charge is -2.37. The van der Waals surface area contributed by atoms with Crippen LogP contribution in [0.5, 0.6) is 11.5 Å². The minimum absolute atomic E-state index is 0.0450. The monoisotopic (exact) mass is 446 g/mol. The van der Waals surface area contributed by atoms with E-state index in [0.29, 0.717) is 13.1 Å². The molecule has 1 aromatic heterocycles. The Labute approximate surface area is 194 Å². The van der Waals surface area contributed by atoms with Crippen molar-refractivity contribution in [2.75, 3.05) is 26.4 Å². The van der Waals surface area contributed by atoms with Gasteiger partial charge in [0.05, 0.1) is 23.8 Å². The van der Waals surface area contributed by atoms with Gasteiger partial charge in [-0.15, -0.1) is 0 Å². The Morgan fingerprint density at radius 1 is 1.15 bits per heavy atom. The van der Waals surface area contributed by atoms with Crippen molar-refractivity contribution >= 4 is 5.91 Å². The number of carbonyl (C=O) groups excluding carboxylic acids is 1. The maximum Gasteiger partial charge on any atom is 0.253 e. The van der Waals surface area contributed by atoms with Gasteiger partial charge < -0.3 is 19.4 Å². The van der Waals surface area contributed by atoms with Crippen molar-refractivity contribution in [3.05, 3.63) is 76.4 Å². The number of hydrogen-bond donors (Lipinski definition) is 1. The summed E-state index contributed by atoms with van der Waals surface area (Å²) in [5.41, 5.74) is 6.53. The SMILES string of the molecule is CCN(CC)C(=O)c1ccc(C2c3cc4c(cc3CCN2Cc2[nH]cnc2C)OCO4)cc1. The first-order valence-electron chi connectivity index (χ1n) is 11.6. The van der Waals surface area contributed by atoms with Crippen LogP contribution in [-0.4, -0.2) is 52.1 Å². The van der Waals surface area contributed by atoms with Crippen LogP contribution in [0.15, 0.2) is 42.7 Å². The summed E-state index contributed by atoms with van der Waals surface area (Å²) in [4.78, 5) is 24.8. The minimum Gasteiger partial charge on any atom is -0.454 e. The number of amides is 1. The predicted molar refractivity (Wildman–Crippen MR) is 126 cm³/mol. The number of imidazole rings is 1. The molecule has 5 rings (SSSR count). The van der Waals surface area contributed by atoms with Gasteiger partial charge in [-0.2, -0.15) is 0 Å². The fraction of sp³-hybridized carbons (Fsp3) is 0.385. The van der Waals surface area contributed by atoms with Crippen molar-refractivity contribution in [3.8, 4) is 11.5 Å². The van der Waals surface area contributed by atoms with Crippen molar-refractivity contribution in [1.82, 2.24) is 19.8 Å². The van der Waals surface area contributed by atoms with Crippen LogP contribution in [-0.2, 0) is 13.0 Å². The zero-order chi connectivity index (χ0) is 22.9. The quantitative estimate of drug-likeness (QED) is 0.618. The van der Waals surface area contributed by atoms with Crippen LogP contribution in [0.4, 0.5) is 0 Å². The molecule has 0 saturated carbocycles. The lowest BCUT2D eigenvalue weighted by atomic mass is 9.87. The molecule has 33 heavy (non-hydrogen) atoms. The highest BCUT2D eigenvalue weighted by Crippen LogP contribution is 2.43. The van der Waals surface area contributed by atoms with Crippen LogP contribution < -0.4 is 9.47 Å². The molecule has 0 spiro atoms. The summed E-state index contributed by atoms with van der Waals surface area (Å²) in [7, 11) is 0. The number of rotatable bonds is 6. The van der Waals surface area contributed by atoms with E-state index >= 15 is 0 Å². The number of ether oxygens (including phenoxy) is 2. The van der Waals surface area contributed by atoms with Crippen LogP contribution in [0.25, 0.3) is 0 Å². The molecule has 0 bridgehead atoms. The summed E-state index contributed by atoms with van der Waals surface area (Å²) >= 11 is 0. The lowest BCUT2D eigenvalue weighted by molar-refractivity contribution is 0.0773. The summed E-state index contributed by atoms with van der Waals surface area (Å²) in [6, 6.07) is 12.4. The molecule has 2 aliphatic rings. The summed E-state index contributed by atoms with van der Waals surface area (Å²) in [5, 5.41) is 0. The zero-order valence-electron chi connectivity index (χ0n) is 19.4. The topological polar surface area (TPSA) is 70.7 Å². The van der Waals surface area contributed by atoms with Gasteiger partial charge in [-0.05, 0) is 68.1 Å². The molecule has 0 saturated heterocycles. The molecule has 1 atom stereocenters. The highest BCUT2D eigenvalue weighted by Gasteiger charge is 2.32. The van der Waals surface area contributed by atoms with Crippen molar-refractivity contribution in [2.45, 2.75) is 39.8 Å². The van der Waals surface area contributed by atoms with Gasteiger partial charge in [0, 0.05) is 31.7 Å². The van der Waals surface area contributed by atoms with Crippen LogP contribution in [0.3, 0.4) is 0 Å². The normalized spacial score (nSPS) is 17.1. The molecule has 7 nitrogen and oxygen atoms in total. The third-order valence-corrected chi connectivity index (χ3v) is 6.78. The second-order valence-corrected chi connectivity index (χ2v) is 8.59. The van der Waals surface area contributed by atoms with Crippen LogP contribution in [0, 0.1) is 6.92 Å². The second kappa shape index (κ2) is 8.90. The smallest absolute Gasteiger partial charge is 0.253 e. The number of nitrogens with zero attached hydrogens (tertiary/aromatic N) is 3. The molecule has 172 valence electrons. The molecule has 2 aromatic carbocycles. The summed E-state index contributed by atoms with van der Waals surface area (Å²) < 4.78 is 11.3. The first-order valence-corrected chi connectivity index (χ1v) is 11.6. The standard InChI is InChI=1S/C26H30N4O3/c1-4-29(5-2)26(31)19-8-6-18(7-9-19)25-21-13-24-23(32-16-33-24)12-20(21)10-11-30(25)14-22-17(3)27-15-28-22/h6-9,12-13,15,25H,4-5,10-11,14,16H2,1-3H3,(H,27,28). The average molecular weight is 447 g/mol. The zero-order valence-corrected chi connectivity index (χ0v) is 19.4. The number of hydrogen-bond acceptors (Lipinski definition) is 5. The Morgan fingerprint density at radius 2 is 1.88 bits per heavy atom. The maximum absolute atomic E-state index is 12.8.